The summed E-state index contributed by atoms with van der Waals surface area (Å²) in [6.07, 6.45) is -2.78. The third kappa shape index (κ3) is 3.76. The van der Waals surface area contributed by atoms with Crippen LogP contribution in [0, 0.1) is 87.3 Å². The Balaban J connectivity index is 2.58. The number of hydrogen-bond donors (Lipinski definition) is 0. The molecule has 0 radical (unpaired) electrons. The van der Waals surface area contributed by atoms with Crippen LogP contribution >= 0.6 is 7.57 Å². The van der Waals surface area contributed by atoms with E-state index in [4.69, 9.17) is 0 Å². The summed E-state index contributed by atoms with van der Waals surface area (Å²) in [6.45, 7) is 0. The fraction of sp³-hybridized carbons (Fsp3) is 0.0526. The van der Waals surface area contributed by atoms with E-state index in [2.05, 4.69) is 0 Å². The predicted octanol–water partition coefficient (Wildman–Crippen LogP) is 6.56. The van der Waals surface area contributed by atoms with Gasteiger partial charge in [0, 0.05) is 0 Å². The first-order chi connectivity index (χ1) is 16.5. The van der Waals surface area contributed by atoms with Crippen LogP contribution in [0.2, 0.25) is 0 Å². The predicted molar refractivity (Wildman–Crippen MR) is 91.1 cm³/mol. The van der Waals surface area contributed by atoms with Crippen molar-refractivity contribution in [1.29, 1.82) is 0 Å². The van der Waals surface area contributed by atoms with Crippen molar-refractivity contribution in [1.82, 2.24) is 0 Å². The molecular weight excluding hydrogens is 563 g/mol. The quantitative estimate of drug-likeness (QED) is 0.145. The van der Waals surface area contributed by atoms with Crippen molar-refractivity contribution in [3.63, 3.8) is 0 Å². The second kappa shape index (κ2) is 9.12. The molecule has 0 bridgehead atoms. The molecule has 0 unspecified atom stereocenters. The first-order valence-electron chi connectivity index (χ1n) is 8.73. The van der Waals surface area contributed by atoms with E-state index in [-0.39, 0.29) is 0 Å². The molecule has 0 atom stereocenters. The van der Waals surface area contributed by atoms with Crippen molar-refractivity contribution >= 4 is 18.2 Å². The van der Waals surface area contributed by atoms with E-state index in [9.17, 15) is 65.9 Å². The first kappa shape index (κ1) is 27.6. The molecule has 0 aromatic heterocycles. The van der Waals surface area contributed by atoms with Crippen molar-refractivity contribution in [2.24, 2.45) is 0 Å². The average molecular weight is 566 g/mol. The summed E-state index contributed by atoms with van der Waals surface area (Å²) in [5, 5.41) is -5.85. The van der Waals surface area contributed by atoms with Crippen LogP contribution in [0.15, 0.2) is 0 Å². The third-order valence-corrected chi connectivity index (χ3v) is 8.24. The van der Waals surface area contributed by atoms with Gasteiger partial charge in [-0.3, -0.25) is 0 Å². The van der Waals surface area contributed by atoms with Crippen molar-refractivity contribution in [2.45, 2.75) is 6.16 Å². The van der Waals surface area contributed by atoms with Crippen molar-refractivity contribution < 1.29 is 70.1 Å². The van der Waals surface area contributed by atoms with Crippen LogP contribution in [-0.4, -0.2) is 0 Å². The topological polar surface area (TPSA) is 0 Å². The van der Waals surface area contributed by atoms with Gasteiger partial charge in [0.25, 0.3) is 0 Å². The molecule has 0 N–H and O–H groups in total. The van der Waals surface area contributed by atoms with Gasteiger partial charge < -0.3 is 0 Å². The van der Waals surface area contributed by atoms with Gasteiger partial charge in [-0.2, -0.15) is 0 Å². The summed E-state index contributed by atoms with van der Waals surface area (Å²) >= 11 is 0. The van der Waals surface area contributed by atoms with Crippen molar-refractivity contribution in [2.75, 3.05) is 0 Å². The normalized spacial score (nSPS) is 12.4. The Morgan fingerprint density at radius 3 is 0.750 bits per heavy atom. The molecule has 0 saturated heterocycles. The minimum atomic E-state index is -7.45. The van der Waals surface area contributed by atoms with Crippen LogP contribution in [0.4, 0.5) is 70.1 Å². The van der Waals surface area contributed by atoms with Crippen LogP contribution in [-0.2, 0) is 6.16 Å². The van der Waals surface area contributed by atoms with Gasteiger partial charge in [0.05, 0.1) is 0 Å². The summed E-state index contributed by atoms with van der Waals surface area (Å²) in [5.41, 5.74) is -2.45. The third-order valence-electron chi connectivity index (χ3n) is 4.93. The molecule has 0 fully saturated rings. The molecule has 0 saturated carbocycles. The molecule has 0 aliphatic rings. The second-order valence-corrected chi connectivity index (χ2v) is 9.87. The number of hydrogen-bond acceptors (Lipinski definition) is 0. The molecule has 0 aliphatic carbocycles. The van der Waals surface area contributed by atoms with E-state index in [1.807, 2.05) is 0 Å². The number of benzene rings is 3. The van der Waals surface area contributed by atoms with Gasteiger partial charge in [-0.05, 0) is 0 Å². The van der Waals surface area contributed by atoms with Gasteiger partial charge in [0.15, 0.2) is 0 Å². The van der Waals surface area contributed by atoms with E-state index in [0.717, 1.165) is 0 Å². The zero-order valence-electron chi connectivity index (χ0n) is 16.3. The van der Waals surface area contributed by atoms with Gasteiger partial charge in [0.1, 0.15) is 0 Å². The summed E-state index contributed by atoms with van der Waals surface area (Å²) in [6, 6.07) is 0. The van der Waals surface area contributed by atoms with Crippen LogP contribution < -0.4 is 10.6 Å². The molecule has 3 rings (SSSR count). The molecule has 0 amide bonds. The number of halogens is 16. The fourth-order valence-electron chi connectivity index (χ4n) is 3.26. The SMILES string of the molecule is Fc1c(F)c(F)c(C[PH](F)(c2c(F)c(F)c(F)c(F)c2F)c2c(F)c(F)c(F)c(F)c2F)c(F)c1F. The average Bonchev–Trinajstić information content (AvgIpc) is 2.84. The van der Waals surface area contributed by atoms with Crippen molar-refractivity contribution in [3.8, 4) is 0 Å². The minimum absolute atomic E-state index is 2.45. The molecule has 196 valence electrons. The molecule has 17 heteroatoms. The zero-order chi connectivity index (χ0) is 27.6. The monoisotopic (exact) mass is 566 g/mol. The van der Waals surface area contributed by atoms with E-state index < -0.39 is 117 Å². The zero-order valence-corrected chi connectivity index (χ0v) is 17.3. The second-order valence-electron chi connectivity index (χ2n) is 6.92. The van der Waals surface area contributed by atoms with Crippen LogP contribution in [0.3, 0.4) is 0 Å². The van der Waals surface area contributed by atoms with Gasteiger partial charge in [-0.15, -0.1) is 0 Å². The van der Waals surface area contributed by atoms with Crippen molar-refractivity contribution in [3.05, 3.63) is 92.8 Å². The first-order valence-corrected chi connectivity index (χ1v) is 10.8. The maximum atomic E-state index is 16.3. The summed E-state index contributed by atoms with van der Waals surface area (Å²) in [4.78, 5) is 0. The van der Waals surface area contributed by atoms with E-state index in [1.54, 1.807) is 0 Å². The van der Waals surface area contributed by atoms with Gasteiger partial charge in [0.2, 0.25) is 0 Å². The Morgan fingerprint density at radius 1 is 0.306 bits per heavy atom. The summed E-state index contributed by atoms with van der Waals surface area (Å²) in [5.74, 6) is -45.8. The Morgan fingerprint density at radius 2 is 0.500 bits per heavy atom. The molecule has 3 aromatic carbocycles. The van der Waals surface area contributed by atoms with E-state index in [1.165, 1.54) is 0 Å². The molecule has 0 spiro atoms. The maximum absolute atomic E-state index is 16.3. The van der Waals surface area contributed by atoms with E-state index >= 15 is 4.20 Å². The van der Waals surface area contributed by atoms with E-state index in [0.29, 0.717) is 0 Å². The molecule has 0 nitrogen and oxygen atoms in total. The standard InChI is InChI=1S/C19H3F16P/c20-3-2(4(21)6(23)7(24)5(3)22)1-36(35,18-14(31)10(27)8(25)11(28)15(18)32)19-16(33)12(29)9(26)13(30)17(19)34/h36H,1H2. The Labute approximate surface area is 188 Å². The summed E-state index contributed by atoms with van der Waals surface area (Å²) in [7, 11) is -7.45. The summed E-state index contributed by atoms with van der Waals surface area (Å²) < 4.78 is 224. The van der Waals surface area contributed by atoms with Gasteiger partial charge in [-0.25, -0.2) is 0 Å². The molecular formula is C19H3F16P. The molecule has 0 heterocycles. The van der Waals surface area contributed by atoms with Gasteiger partial charge >= 0.3 is 187 Å². The Hall–Kier alpha value is -3.03. The molecule has 0 aliphatic heterocycles. The Kier molecular flexibility index (Phi) is 6.98. The fourth-order valence-corrected chi connectivity index (χ4v) is 6.49. The van der Waals surface area contributed by atoms with Crippen LogP contribution in [0.1, 0.15) is 5.56 Å². The van der Waals surface area contributed by atoms with Gasteiger partial charge in [-0.1, -0.05) is 0 Å². The van der Waals surface area contributed by atoms with Crippen LogP contribution in [0.5, 0.6) is 0 Å². The molecule has 3 aromatic rings. The number of rotatable bonds is 4. The molecule has 36 heavy (non-hydrogen) atoms. The Bertz CT molecular complexity index is 1280. The van der Waals surface area contributed by atoms with Crippen LogP contribution in [0.25, 0.3) is 0 Å².